The molecule has 0 spiro atoms. The lowest BCUT2D eigenvalue weighted by Gasteiger charge is -2.22. The average Bonchev–Trinajstić information content (AvgIpc) is 2.85. The summed E-state index contributed by atoms with van der Waals surface area (Å²) in [6.45, 7) is 7.08. The van der Waals surface area contributed by atoms with Crippen LogP contribution >= 0.6 is 11.3 Å². The van der Waals surface area contributed by atoms with Crippen LogP contribution in [0.3, 0.4) is 0 Å². The molecule has 0 bridgehead atoms. The topological polar surface area (TPSA) is 12.0 Å². The van der Waals surface area contributed by atoms with Crippen LogP contribution in [0.2, 0.25) is 0 Å². The van der Waals surface area contributed by atoms with E-state index < -0.39 is 0 Å². The molecule has 0 aliphatic carbocycles. The van der Waals surface area contributed by atoms with Gasteiger partial charge in [-0.05, 0) is 67.1 Å². The summed E-state index contributed by atoms with van der Waals surface area (Å²) in [6.07, 6.45) is 1.08. The molecule has 1 aromatic carbocycles. The van der Waals surface area contributed by atoms with Gasteiger partial charge in [-0.2, -0.15) is 0 Å². The molecule has 0 radical (unpaired) electrons. The first-order valence-electron chi connectivity index (χ1n) is 6.67. The summed E-state index contributed by atoms with van der Waals surface area (Å²) in [4.78, 5) is 1.28. The van der Waals surface area contributed by atoms with Gasteiger partial charge in [0.15, 0.2) is 0 Å². The largest absolute Gasteiger partial charge is 0.306 e. The van der Waals surface area contributed by atoms with Crippen LogP contribution in [0.25, 0.3) is 0 Å². The van der Waals surface area contributed by atoms with E-state index in [2.05, 4.69) is 29.8 Å². The Hall–Kier alpha value is -1.19. The number of benzene rings is 1. The quantitative estimate of drug-likeness (QED) is 0.842. The van der Waals surface area contributed by atoms with E-state index >= 15 is 0 Å². The summed E-state index contributed by atoms with van der Waals surface area (Å²) in [7, 11) is 0. The first kappa shape index (κ1) is 14.2. The van der Waals surface area contributed by atoms with Crippen molar-refractivity contribution >= 4 is 11.3 Å². The molecule has 0 saturated heterocycles. The van der Waals surface area contributed by atoms with E-state index in [0.717, 1.165) is 24.1 Å². The molecule has 0 aliphatic heterocycles. The van der Waals surface area contributed by atoms with E-state index in [-0.39, 0.29) is 11.9 Å². The van der Waals surface area contributed by atoms with Crippen LogP contribution in [0, 0.1) is 19.7 Å². The molecule has 102 valence electrons. The molecule has 1 nitrogen and oxygen atoms in total. The Labute approximate surface area is 118 Å². The SMILES string of the molecule is CCCNC(c1cccs1)c1c(C)cc(F)cc1C. The smallest absolute Gasteiger partial charge is 0.123 e. The molecule has 0 aliphatic rings. The zero-order chi connectivity index (χ0) is 13.8. The van der Waals surface area contributed by atoms with Gasteiger partial charge < -0.3 is 5.32 Å². The van der Waals surface area contributed by atoms with Crippen LogP contribution in [0.5, 0.6) is 0 Å². The first-order valence-corrected chi connectivity index (χ1v) is 7.55. The summed E-state index contributed by atoms with van der Waals surface area (Å²) >= 11 is 1.74. The van der Waals surface area contributed by atoms with E-state index in [0.29, 0.717) is 0 Å². The van der Waals surface area contributed by atoms with E-state index in [4.69, 9.17) is 0 Å². The fraction of sp³-hybridized carbons (Fsp3) is 0.375. The number of thiophene rings is 1. The molecule has 2 rings (SSSR count). The van der Waals surface area contributed by atoms with E-state index in [1.807, 2.05) is 13.8 Å². The molecule has 2 aromatic rings. The summed E-state index contributed by atoms with van der Waals surface area (Å²) in [5.41, 5.74) is 3.23. The number of hydrogen-bond donors (Lipinski definition) is 1. The van der Waals surface area contributed by atoms with Crippen molar-refractivity contribution < 1.29 is 4.39 Å². The summed E-state index contributed by atoms with van der Waals surface area (Å²) in [6, 6.07) is 7.61. The van der Waals surface area contributed by atoms with Crippen LogP contribution in [-0.4, -0.2) is 6.54 Å². The zero-order valence-corrected chi connectivity index (χ0v) is 12.5. The molecule has 1 N–H and O–H groups in total. The Bertz CT molecular complexity index is 511. The van der Waals surface area contributed by atoms with Gasteiger partial charge in [0.25, 0.3) is 0 Å². The third kappa shape index (κ3) is 3.23. The number of rotatable bonds is 5. The maximum absolute atomic E-state index is 13.4. The first-order chi connectivity index (χ1) is 9.13. The minimum atomic E-state index is -0.154. The van der Waals surface area contributed by atoms with Crippen molar-refractivity contribution in [2.75, 3.05) is 6.54 Å². The van der Waals surface area contributed by atoms with Crippen LogP contribution < -0.4 is 5.32 Å². The number of hydrogen-bond acceptors (Lipinski definition) is 2. The second kappa shape index (κ2) is 6.31. The molecule has 1 atom stereocenters. The molecule has 0 amide bonds. The van der Waals surface area contributed by atoms with Crippen molar-refractivity contribution in [1.29, 1.82) is 0 Å². The van der Waals surface area contributed by atoms with Crippen molar-refractivity contribution in [2.45, 2.75) is 33.2 Å². The van der Waals surface area contributed by atoms with Crippen molar-refractivity contribution in [2.24, 2.45) is 0 Å². The van der Waals surface area contributed by atoms with Gasteiger partial charge in [-0.15, -0.1) is 11.3 Å². The zero-order valence-electron chi connectivity index (χ0n) is 11.7. The van der Waals surface area contributed by atoms with E-state index in [9.17, 15) is 4.39 Å². The molecule has 19 heavy (non-hydrogen) atoms. The van der Waals surface area contributed by atoms with Crippen LogP contribution in [0.15, 0.2) is 29.6 Å². The summed E-state index contributed by atoms with van der Waals surface area (Å²) in [5, 5.41) is 5.66. The normalized spacial score (nSPS) is 12.6. The number of halogens is 1. The Morgan fingerprint density at radius 1 is 1.26 bits per heavy atom. The standard InChI is InChI=1S/C16H20FNS/c1-4-7-18-16(14-6-5-8-19-14)15-11(2)9-13(17)10-12(15)3/h5-6,8-10,16,18H,4,7H2,1-3H3. The fourth-order valence-electron chi connectivity index (χ4n) is 2.47. The monoisotopic (exact) mass is 277 g/mol. The Morgan fingerprint density at radius 2 is 1.95 bits per heavy atom. The molecule has 1 unspecified atom stereocenters. The van der Waals surface area contributed by atoms with Gasteiger partial charge in [0, 0.05) is 4.88 Å². The van der Waals surface area contributed by atoms with Crippen molar-refractivity contribution in [3.63, 3.8) is 0 Å². The Kier molecular flexibility index (Phi) is 4.72. The third-order valence-electron chi connectivity index (χ3n) is 3.27. The van der Waals surface area contributed by atoms with Crippen molar-refractivity contribution in [1.82, 2.24) is 5.32 Å². The fourth-order valence-corrected chi connectivity index (χ4v) is 3.27. The van der Waals surface area contributed by atoms with Crippen LogP contribution in [0.4, 0.5) is 4.39 Å². The number of nitrogens with one attached hydrogen (secondary N) is 1. The summed E-state index contributed by atoms with van der Waals surface area (Å²) < 4.78 is 13.4. The van der Waals surface area contributed by atoms with Crippen molar-refractivity contribution in [3.05, 3.63) is 57.0 Å². The predicted molar refractivity (Wildman–Crippen MR) is 80.3 cm³/mol. The van der Waals surface area contributed by atoms with Crippen LogP contribution in [-0.2, 0) is 0 Å². The lowest BCUT2D eigenvalue weighted by Crippen LogP contribution is -2.24. The van der Waals surface area contributed by atoms with Gasteiger partial charge in [0.2, 0.25) is 0 Å². The van der Waals surface area contributed by atoms with Gasteiger partial charge in [0.05, 0.1) is 6.04 Å². The lowest BCUT2D eigenvalue weighted by molar-refractivity contribution is 0.592. The van der Waals surface area contributed by atoms with Gasteiger partial charge in [0.1, 0.15) is 5.82 Å². The molecule has 0 saturated carbocycles. The van der Waals surface area contributed by atoms with E-state index in [1.54, 1.807) is 23.5 Å². The molecule has 0 fully saturated rings. The van der Waals surface area contributed by atoms with Crippen LogP contribution in [0.1, 0.15) is 41.0 Å². The van der Waals surface area contributed by atoms with Gasteiger partial charge in [-0.25, -0.2) is 4.39 Å². The highest BCUT2D eigenvalue weighted by molar-refractivity contribution is 7.10. The van der Waals surface area contributed by atoms with Gasteiger partial charge in [-0.3, -0.25) is 0 Å². The van der Waals surface area contributed by atoms with Crippen molar-refractivity contribution in [3.8, 4) is 0 Å². The molecular weight excluding hydrogens is 257 g/mol. The molecule has 1 heterocycles. The average molecular weight is 277 g/mol. The second-order valence-electron chi connectivity index (χ2n) is 4.86. The molecule has 3 heteroatoms. The van der Waals surface area contributed by atoms with E-state index in [1.165, 1.54) is 10.4 Å². The molecule has 1 aromatic heterocycles. The van der Waals surface area contributed by atoms with Gasteiger partial charge >= 0.3 is 0 Å². The minimum Gasteiger partial charge on any atom is -0.306 e. The predicted octanol–water partition coefficient (Wildman–Crippen LogP) is 4.59. The number of aryl methyl sites for hydroxylation is 2. The highest BCUT2D eigenvalue weighted by atomic mass is 32.1. The highest BCUT2D eigenvalue weighted by Gasteiger charge is 2.19. The Morgan fingerprint density at radius 3 is 2.47 bits per heavy atom. The minimum absolute atomic E-state index is 0.154. The lowest BCUT2D eigenvalue weighted by atomic mass is 9.94. The maximum Gasteiger partial charge on any atom is 0.123 e. The molecular formula is C16H20FNS. The Balaban J connectivity index is 2.44. The van der Waals surface area contributed by atoms with Gasteiger partial charge in [-0.1, -0.05) is 13.0 Å². The third-order valence-corrected chi connectivity index (χ3v) is 4.21. The highest BCUT2D eigenvalue weighted by Crippen LogP contribution is 2.31. The summed E-state index contributed by atoms with van der Waals surface area (Å²) in [5.74, 6) is -0.154. The maximum atomic E-state index is 13.4. The second-order valence-corrected chi connectivity index (χ2v) is 5.84.